The molecule has 0 bridgehead atoms. The molecule has 1 aliphatic heterocycles. The van der Waals surface area contributed by atoms with Crippen LogP contribution in [0.4, 0.5) is 5.69 Å². The van der Waals surface area contributed by atoms with Gasteiger partial charge in [0.25, 0.3) is 0 Å². The van der Waals surface area contributed by atoms with Gasteiger partial charge in [-0.15, -0.1) is 0 Å². The first-order valence-electron chi connectivity index (χ1n) is 8.32. The van der Waals surface area contributed by atoms with Crippen LogP contribution in [-0.4, -0.2) is 30.4 Å². The maximum Gasteiger partial charge on any atom is 0.243 e. The molecule has 1 atom stereocenters. The normalized spacial score (nSPS) is 17.2. The topological polar surface area (TPSA) is 90.3 Å². The third-order valence-corrected chi connectivity index (χ3v) is 6.34. The molecule has 2 aromatic carbocycles. The zero-order valence-corrected chi connectivity index (χ0v) is 15.2. The van der Waals surface area contributed by atoms with Crippen molar-refractivity contribution in [2.24, 2.45) is 0 Å². The molecule has 1 amide bonds. The Kier molecular flexibility index (Phi) is 5.07. The summed E-state index contributed by atoms with van der Waals surface area (Å²) in [6.07, 6.45) is 0.331. The first-order valence-corrected chi connectivity index (χ1v) is 9.93. The van der Waals surface area contributed by atoms with Gasteiger partial charge in [0, 0.05) is 12.2 Å². The van der Waals surface area contributed by atoms with Crippen molar-refractivity contribution < 1.29 is 13.2 Å². The zero-order chi connectivity index (χ0) is 18.7. The molecule has 1 aliphatic rings. The van der Waals surface area contributed by atoms with Crippen LogP contribution in [0.3, 0.4) is 0 Å². The van der Waals surface area contributed by atoms with Crippen LogP contribution in [-0.2, 0) is 27.8 Å². The Morgan fingerprint density at radius 3 is 2.46 bits per heavy atom. The average molecular weight is 369 g/mol. The molecule has 1 N–H and O–H groups in total. The molecule has 0 saturated carbocycles. The highest BCUT2D eigenvalue weighted by molar-refractivity contribution is 7.89. The number of carbonyl (C=O) groups excluding carboxylic acids is 1. The minimum atomic E-state index is -3.53. The summed E-state index contributed by atoms with van der Waals surface area (Å²) in [6, 6.07) is 15.3. The molecule has 7 heteroatoms. The molecule has 0 spiro atoms. The number of hydrogen-bond donors (Lipinski definition) is 1. The van der Waals surface area contributed by atoms with Crippen LogP contribution in [0.1, 0.15) is 23.6 Å². The van der Waals surface area contributed by atoms with E-state index in [0.717, 1.165) is 11.1 Å². The Morgan fingerprint density at radius 1 is 1.19 bits per heavy atom. The third kappa shape index (κ3) is 3.62. The van der Waals surface area contributed by atoms with Crippen LogP contribution in [0.5, 0.6) is 0 Å². The minimum absolute atomic E-state index is 0.0597. The monoisotopic (exact) mass is 369 g/mol. The predicted molar refractivity (Wildman–Crippen MR) is 98.7 cm³/mol. The van der Waals surface area contributed by atoms with E-state index in [0.29, 0.717) is 17.7 Å². The van der Waals surface area contributed by atoms with E-state index in [9.17, 15) is 13.2 Å². The fourth-order valence-electron chi connectivity index (χ4n) is 3.03. The van der Waals surface area contributed by atoms with E-state index < -0.39 is 16.1 Å². The van der Waals surface area contributed by atoms with Gasteiger partial charge in [0.15, 0.2) is 0 Å². The number of hydrogen-bond acceptors (Lipinski definition) is 4. The first-order chi connectivity index (χ1) is 12.4. The number of amides is 1. The maximum absolute atomic E-state index is 12.8. The Balaban J connectivity index is 1.89. The Bertz CT molecular complexity index is 962. The molecule has 0 fully saturated rings. The van der Waals surface area contributed by atoms with Gasteiger partial charge in [-0.05, 0) is 48.7 Å². The van der Waals surface area contributed by atoms with Crippen LogP contribution in [0.15, 0.2) is 48.5 Å². The summed E-state index contributed by atoms with van der Waals surface area (Å²) in [5.74, 6) is -0.434. The molecular formula is C19H19N3O3S. The maximum atomic E-state index is 12.8. The number of carbonyl (C=O) groups is 1. The molecule has 0 saturated heterocycles. The molecule has 2 aromatic rings. The fraction of sp³-hybridized carbons (Fsp3) is 0.263. The van der Waals surface area contributed by atoms with Gasteiger partial charge in [-0.2, -0.15) is 9.57 Å². The van der Waals surface area contributed by atoms with Crippen LogP contribution >= 0.6 is 0 Å². The summed E-state index contributed by atoms with van der Waals surface area (Å²) >= 11 is 0. The molecule has 26 heavy (non-hydrogen) atoms. The Morgan fingerprint density at radius 2 is 1.85 bits per heavy atom. The number of nitrogens with one attached hydrogen (secondary N) is 1. The van der Waals surface area contributed by atoms with Crippen LogP contribution in [0, 0.1) is 11.3 Å². The van der Waals surface area contributed by atoms with Crippen molar-refractivity contribution in [3.05, 3.63) is 65.2 Å². The predicted octanol–water partition coefficient (Wildman–Crippen LogP) is 2.27. The molecule has 0 aliphatic carbocycles. The van der Waals surface area contributed by atoms with Crippen molar-refractivity contribution in [3.8, 4) is 6.07 Å². The summed E-state index contributed by atoms with van der Waals surface area (Å²) in [6.45, 7) is 1.77. The fourth-order valence-corrected chi connectivity index (χ4v) is 4.26. The quantitative estimate of drug-likeness (QED) is 0.895. The molecule has 0 aromatic heterocycles. The Hall–Kier alpha value is -2.69. The number of nitriles is 1. The lowest BCUT2D eigenvalue weighted by molar-refractivity contribution is -0.120. The van der Waals surface area contributed by atoms with Crippen molar-refractivity contribution in [1.29, 1.82) is 5.26 Å². The van der Waals surface area contributed by atoms with E-state index in [1.807, 2.05) is 30.3 Å². The van der Waals surface area contributed by atoms with E-state index in [1.165, 1.54) is 4.31 Å². The van der Waals surface area contributed by atoms with E-state index in [2.05, 4.69) is 5.32 Å². The molecule has 6 nitrogen and oxygen atoms in total. The second-order valence-electron chi connectivity index (χ2n) is 6.11. The van der Waals surface area contributed by atoms with Gasteiger partial charge >= 0.3 is 0 Å². The van der Waals surface area contributed by atoms with Gasteiger partial charge in [0.05, 0.1) is 17.4 Å². The molecule has 1 heterocycles. The highest BCUT2D eigenvalue weighted by Crippen LogP contribution is 2.27. The van der Waals surface area contributed by atoms with Crippen LogP contribution in [0.25, 0.3) is 0 Å². The van der Waals surface area contributed by atoms with Crippen LogP contribution in [0.2, 0.25) is 0 Å². The van der Waals surface area contributed by atoms with Crippen molar-refractivity contribution in [1.82, 2.24) is 4.31 Å². The molecule has 134 valence electrons. The van der Waals surface area contributed by atoms with Gasteiger partial charge < -0.3 is 5.32 Å². The van der Waals surface area contributed by atoms with Gasteiger partial charge in [0.1, 0.15) is 6.04 Å². The lowest BCUT2D eigenvalue weighted by Crippen LogP contribution is -2.51. The third-order valence-electron chi connectivity index (χ3n) is 4.51. The highest BCUT2D eigenvalue weighted by Gasteiger charge is 2.37. The van der Waals surface area contributed by atoms with E-state index in [-0.39, 0.29) is 18.2 Å². The summed E-state index contributed by atoms with van der Waals surface area (Å²) < 4.78 is 26.3. The molecule has 0 radical (unpaired) electrons. The smallest absolute Gasteiger partial charge is 0.243 e. The molecule has 1 unspecified atom stereocenters. The molecular weight excluding hydrogens is 350 g/mol. The van der Waals surface area contributed by atoms with Crippen molar-refractivity contribution >= 4 is 21.6 Å². The van der Waals surface area contributed by atoms with E-state index in [1.54, 1.807) is 31.2 Å². The Labute approximate surface area is 153 Å². The highest BCUT2D eigenvalue weighted by atomic mass is 32.2. The number of benzene rings is 2. The summed E-state index contributed by atoms with van der Waals surface area (Å²) in [5.41, 5.74) is 2.92. The number of fused-ring (bicyclic) bond motifs is 1. The number of anilines is 1. The lowest BCUT2D eigenvalue weighted by Gasteiger charge is -2.34. The average Bonchev–Trinajstić information content (AvgIpc) is 2.67. The summed E-state index contributed by atoms with van der Waals surface area (Å²) in [5, 5.41) is 11.6. The summed E-state index contributed by atoms with van der Waals surface area (Å²) in [4.78, 5) is 12.8. The SMILES string of the molecule is CCS(=O)(=O)N1Cc2ccccc2CC1C(=O)Nc1ccc(C#N)cc1. The lowest BCUT2D eigenvalue weighted by atomic mass is 9.95. The van der Waals surface area contributed by atoms with Gasteiger partial charge in [0.2, 0.25) is 15.9 Å². The largest absolute Gasteiger partial charge is 0.325 e. The van der Waals surface area contributed by atoms with Gasteiger partial charge in [-0.1, -0.05) is 24.3 Å². The first kappa shape index (κ1) is 18.1. The van der Waals surface area contributed by atoms with Crippen LogP contribution < -0.4 is 5.32 Å². The second-order valence-corrected chi connectivity index (χ2v) is 8.32. The van der Waals surface area contributed by atoms with E-state index in [4.69, 9.17) is 5.26 Å². The molecule has 3 rings (SSSR count). The van der Waals surface area contributed by atoms with Crippen molar-refractivity contribution in [2.45, 2.75) is 25.9 Å². The summed E-state index contributed by atoms with van der Waals surface area (Å²) in [7, 11) is -3.53. The number of sulfonamides is 1. The van der Waals surface area contributed by atoms with Gasteiger partial charge in [-0.3, -0.25) is 4.79 Å². The number of rotatable bonds is 4. The second kappa shape index (κ2) is 7.28. The van der Waals surface area contributed by atoms with Gasteiger partial charge in [-0.25, -0.2) is 8.42 Å². The standard InChI is InChI=1S/C19H19N3O3S/c1-2-26(24,25)22-13-16-6-4-3-5-15(16)11-18(22)19(23)21-17-9-7-14(12-20)8-10-17/h3-10,18H,2,11,13H2,1H3,(H,21,23). The van der Waals surface area contributed by atoms with Crippen molar-refractivity contribution in [3.63, 3.8) is 0 Å². The minimum Gasteiger partial charge on any atom is -0.325 e. The number of nitrogens with zero attached hydrogens (tertiary/aromatic N) is 2. The van der Waals surface area contributed by atoms with E-state index >= 15 is 0 Å². The van der Waals surface area contributed by atoms with Crippen molar-refractivity contribution in [2.75, 3.05) is 11.1 Å². The zero-order valence-electron chi connectivity index (χ0n) is 14.3.